The van der Waals surface area contributed by atoms with Gasteiger partial charge in [0.25, 0.3) is 0 Å². The Morgan fingerprint density at radius 1 is 1.09 bits per heavy atom. The van der Waals surface area contributed by atoms with Gasteiger partial charge in [0.1, 0.15) is 5.75 Å². The first-order valence-corrected chi connectivity index (χ1v) is 7.94. The second kappa shape index (κ2) is 5.20. The molecule has 4 rings (SSSR count). The van der Waals surface area contributed by atoms with Gasteiger partial charge in [-0.05, 0) is 36.5 Å². The van der Waals surface area contributed by atoms with E-state index in [1.165, 1.54) is 16.7 Å². The number of anilines is 1. The van der Waals surface area contributed by atoms with Gasteiger partial charge >= 0.3 is 0 Å². The summed E-state index contributed by atoms with van der Waals surface area (Å²) in [6.45, 7) is 2.14. The molecule has 22 heavy (non-hydrogen) atoms. The van der Waals surface area contributed by atoms with E-state index < -0.39 is 0 Å². The average Bonchev–Trinajstić information content (AvgIpc) is 3.04. The van der Waals surface area contributed by atoms with Gasteiger partial charge in [0.05, 0.1) is 18.8 Å². The molecule has 2 aliphatic rings. The van der Waals surface area contributed by atoms with Crippen molar-refractivity contribution in [1.82, 2.24) is 0 Å². The Labute approximate surface area is 131 Å². The Balaban J connectivity index is 1.81. The highest BCUT2D eigenvalue weighted by Gasteiger charge is 2.38. The van der Waals surface area contributed by atoms with Crippen LogP contribution in [0.5, 0.6) is 5.75 Å². The van der Waals surface area contributed by atoms with Crippen LogP contribution >= 0.6 is 0 Å². The standard InChI is InChI=1S/C20H21NO/c1-13-9-11-14(12-10-13)19-16-6-3-5-15(16)17-7-4-8-18(22-2)20(17)21-19/h3-5,7-12,15-16,19,21H,6H2,1-2H3. The van der Waals surface area contributed by atoms with Gasteiger partial charge in [-0.15, -0.1) is 0 Å². The molecule has 2 nitrogen and oxygen atoms in total. The first kappa shape index (κ1) is 13.4. The van der Waals surface area contributed by atoms with Crippen LogP contribution in [0.15, 0.2) is 54.6 Å². The van der Waals surface area contributed by atoms with Crippen molar-refractivity contribution in [2.45, 2.75) is 25.3 Å². The van der Waals surface area contributed by atoms with Crippen molar-refractivity contribution >= 4 is 5.69 Å². The highest BCUT2D eigenvalue weighted by Crippen LogP contribution is 2.52. The van der Waals surface area contributed by atoms with Crippen molar-refractivity contribution in [3.8, 4) is 5.75 Å². The number of allylic oxidation sites excluding steroid dienone is 2. The molecule has 2 heteroatoms. The summed E-state index contributed by atoms with van der Waals surface area (Å²) in [5, 5.41) is 3.76. The molecule has 1 aliphatic heterocycles. The molecule has 0 radical (unpaired) electrons. The molecule has 112 valence electrons. The summed E-state index contributed by atoms with van der Waals surface area (Å²) in [5.74, 6) is 2.01. The van der Waals surface area contributed by atoms with E-state index in [9.17, 15) is 0 Å². The highest BCUT2D eigenvalue weighted by atomic mass is 16.5. The minimum Gasteiger partial charge on any atom is -0.495 e. The van der Waals surface area contributed by atoms with Crippen LogP contribution in [0.2, 0.25) is 0 Å². The number of rotatable bonds is 2. The summed E-state index contributed by atoms with van der Waals surface area (Å²) in [6, 6.07) is 15.6. The van der Waals surface area contributed by atoms with E-state index in [4.69, 9.17) is 4.74 Å². The molecule has 0 fully saturated rings. The van der Waals surface area contributed by atoms with Crippen molar-refractivity contribution in [2.75, 3.05) is 12.4 Å². The predicted octanol–water partition coefficient (Wildman–Crippen LogP) is 4.83. The number of para-hydroxylation sites is 1. The zero-order chi connectivity index (χ0) is 15.1. The Bertz CT molecular complexity index is 717. The van der Waals surface area contributed by atoms with Gasteiger partial charge in [0.2, 0.25) is 0 Å². The molecule has 0 saturated carbocycles. The van der Waals surface area contributed by atoms with Gasteiger partial charge < -0.3 is 10.1 Å². The third-order valence-electron chi connectivity index (χ3n) is 5.01. The zero-order valence-electron chi connectivity index (χ0n) is 13.0. The van der Waals surface area contributed by atoms with E-state index in [-0.39, 0.29) is 0 Å². The fourth-order valence-corrected chi connectivity index (χ4v) is 3.87. The van der Waals surface area contributed by atoms with E-state index in [0.29, 0.717) is 17.9 Å². The Kier molecular flexibility index (Phi) is 3.18. The summed E-state index contributed by atoms with van der Waals surface area (Å²) in [7, 11) is 1.74. The van der Waals surface area contributed by atoms with Gasteiger partial charge in [0, 0.05) is 5.92 Å². The normalized spacial score (nSPS) is 25.3. The van der Waals surface area contributed by atoms with E-state index in [1.54, 1.807) is 7.11 Å². The van der Waals surface area contributed by atoms with Gasteiger partial charge in [-0.3, -0.25) is 0 Å². The molecule has 0 aromatic heterocycles. The summed E-state index contributed by atoms with van der Waals surface area (Å²) in [4.78, 5) is 0. The second-order valence-electron chi connectivity index (χ2n) is 6.31. The molecule has 1 heterocycles. The van der Waals surface area contributed by atoms with Crippen molar-refractivity contribution in [1.29, 1.82) is 0 Å². The fraction of sp³-hybridized carbons (Fsp3) is 0.300. The molecule has 0 saturated heterocycles. The van der Waals surface area contributed by atoms with Crippen molar-refractivity contribution in [3.05, 3.63) is 71.3 Å². The number of fused-ring (bicyclic) bond motifs is 3. The smallest absolute Gasteiger partial charge is 0.142 e. The molecule has 1 aliphatic carbocycles. The Morgan fingerprint density at radius 3 is 2.68 bits per heavy atom. The highest BCUT2D eigenvalue weighted by molar-refractivity contribution is 5.67. The van der Waals surface area contributed by atoms with Crippen LogP contribution in [0.3, 0.4) is 0 Å². The lowest BCUT2D eigenvalue weighted by molar-refractivity contribution is 0.397. The molecular weight excluding hydrogens is 270 g/mol. The minimum absolute atomic E-state index is 0.337. The predicted molar refractivity (Wildman–Crippen MR) is 90.5 cm³/mol. The van der Waals surface area contributed by atoms with E-state index >= 15 is 0 Å². The van der Waals surface area contributed by atoms with Crippen molar-refractivity contribution < 1.29 is 4.74 Å². The molecule has 2 aromatic rings. The molecule has 0 amide bonds. The van der Waals surface area contributed by atoms with E-state index in [0.717, 1.165) is 17.9 Å². The van der Waals surface area contributed by atoms with Crippen LogP contribution in [-0.2, 0) is 0 Å². The SMILES string of the molecule is COc1cccc2c1NC(c1ccc(C)cc1)C1CC=CC21. The number of nitrogens with one attached hydrogen (secondary N) is 1. The van der Waals surface area contributed by atoms with Crippen LogP contribution in [0.1, 0.15) is 35.1 Å². The summed E-state index contributed by atoms with van der Waals surface area (Å²) >= 11 is 0. The number of hydrogen-bond donors (Lipinski definition) is 1. The van der Waals surface area contributed by atoms with Crippen LogP contribution < -0.4 is 10.1 Å². The third kappa shape index (κ3) is 2.02. The number of hydrogen-bond acceptors (Lipinski definition) is 2. The summed E-state index contributed by atoms with van der Waals surface area (Å²) < 4.78 is 5.58. The van der Waals surface area contributed by atoms with Crippen LogP contribution in [0.4, 0.5) is 5.69 Å². The summed E-state index contributed by atoms with van der Waals surface area (Å²) in [5.41, 5.74) is 5.18. The lowest BCUT2D eigenvalue weighted by Gasteiger charge is -2.38. The average molecular weight is 291 g/mol. The minimum atomic E-state index is 0.337. The van der Waals surface area contributed by atoms with Gasteiger partial charge in [-0.2, -0.15) is 0 Å². The third-order valence-corrected chi connectivity index (χ3v) is 5.01. The maximum absolute atomic E-state index is 5.58. The van der Waals surface area contributed by atoms with Gasteiger partial charge in [0.15, 0.2) is 0 Å². The van der Waals surface area contributed by atoms with Crippen LogP contribution in [-0.4, -0.2) is 7.11 Å². The van der Waals surface area contributed by atoms with Crippen molar-refractivity contribution in [3.63, 3.8) is 0 Å². The van der Waals surface area contributed by atoms with Gasteiger partial charge in [-0.1, -0.05) is 54.1 Å². The summed E-state index contributed by atoms with van der Waals surface area (Å²) in [6.07, 6.45) is 5.82. The van der Waals surface area contributed by atoms with E-state index in [1.807, 2.05) is 6.07 Å². The lowest BCUT2D eigenvalue weighted by Crippen LogP contribution is -2.29. The van der Waals surface area contributed by atoms with E-state index in [2.05, 4.69) is 60.8 Å². The molecular formula is C20H21NO. The zero-order valence-corrected chi connectivity index (χ0v) is 13.0. The molecule has 3 atom stereocenters. The molecule has 2 aromatic carbocycles. The second-order valence-corrected chi connectivity index (χ2v) is 6.31. The first-order chi connectivity index (χ1) is 10.8. The van der Waals surface area contributed by atoms with Gasteiger partial charge in [-0.25, -0.2) is 0 Å². The van der Waals surface area contributed by atoms with Crippen LogP contribution in [0.25, 0.3) is 0 Å². The lowest BCUT2D eigenvalue weighted by atomic mass is 9.77. The monoisotopic (exact) mass is 291 g/mol. The topological polar surface area (TPSA) is 21.3 Å². The Hall–Kier alpha value is -2.22. The van der Waals surface area contributed by atoms with Crippen LogP contribution in [0, 0.1) is 12.8 Å². The molecule has 3 unspecified atom stereocenters. The fourth-order valence-electron chi connectivity index (χ4n) is 3.87. The van der Waals surface area contributed by atoms with Crippen molar-refractivity contribution in [2.24, 2.45) is 5.92 Å². The largest absolute Gasteiger partial charge is 0.495 e. The Morgan fingerprint density at radius 2 is 1.91 bits per heavy atom. The quantitative estimate of drug-likeness (QED) is 0.800. The number of methoxy groups -OCH3 is 1. The number of benzene rings is 2. The maximum Gasteiger partial charge on any atom is 0.142 e. The molecule has 1 N–H and O–H groups in total. The molecule has 0 bridgehead atoms. The molecule has 0 spiro atoms. The first-order valence-electron chi connectivity index (χ1n) is 7.94. The maximum atomic E-state index is 5.58. The number of aryl methyl sites for hydroxylation is 1. The number of ether oxygens (including phenoxy) is 1.